The molecule has 0 unspecified atom stereocenters. The fourth-order valence-electron chi connectivity index (χ4n) is 5.20. The van der Waals surface area contributed by atoms with Gasteiger partial charge in [0.05, 0.1) is 13.5 Å². The molecule has 1 heterocycles. The second-order valence-corrected chi connectivity index (χ2v) is 10.1. The number of ether oxygens (including phenoxy) is 1. The van der Waals surface area contributed by atoms with Crippen molar-refractivity contribution in [2.75, 3.05) is 7.11 Å². The van der Waals surface area contributed by atoms with E-state index in [1.165, 1.54) is 102 Å². The van der Waals surface area contributed by atoms with E-state index in [1.54, 1.807) is 7.11 Å². The van der Waals surface area contributed by atoms with Crippen LogP contribution in [-0.4, -0.2) is 17.6 Å². The number of nitrogens with two attached hydrogens (primary N) is 1. The highest BCUT2D eigenvalue weighted by Crippen LogP contribution is 2.30. The molecule has 2 rings (SSSR count). The van der Waals surface area contributed by atoms with Crippen LogP contribution in [0.15, 0.2) is 18.2 Å². The molecule has 5 nitrogen and oxygen atoms in total. The minimum atomic E-state index is -0.169. The first kappa shape index (κ1) is 29.2. The minimum Gasteiger partial charge on any atom is -0.497 e. The number of rotatable bonds is 20. The molecule has 1 aromatic carbocycles. The standard InChI is InChI=1S/C30H51N3O2/c1-4-5-6-7-8-9-10-11-12-13-14-15-16-17-18-19-22-33-25(2)27(24-30(34)32-31)28-23-26(35-3)20-21-29(28)33/h20-21,23H,4-19,22,24,31H2,1-3H3,(H,32,34). The van der Waals surface area contributed by atoms with Crippen LogP contribution in [0.1, 0.15) is 121 Å². The Hall–Kier alpha value is -2.01. The van der Waals surface area contributed by atoms with Gasteiger partial charge in [-0.15, -0.1) is 0 Å². The molecular weight excluding hydrogens is 434 g/mol. The van der Waals surface area contributed by atoms with Gasteiger partial charge in [-0.05, 0) is 37.1 Å². The van der Waals surface area contributed by atoms with E-state index in [9.17, 15) is 4.79 Å². The number of unbranched alkanes of at least 4 members (excludes halogenated alkanes) is 15. The van der Waals surface area contributed by atoms with Crippen LogP contribution < -0.4 is 16.0 Å². The Kier molecular flexibility index (Phi) is 14.5. The Bertz CT molecular complexity index is 859. The predicted octanol–water partition coefficient (Wildman–Crippen LogP) is 7.75. The zero-order chi connectivity index (χ0) is 25.3. The number of fused-ring (bicyclic) bond motifs is 1. The molecule has 0 bridgehead atoms. The number of aryl methyl sites for hydroxylation is 1. The topological polar surface area (TPSA) is 69.3 Å². The lowest BCUT2D eigenvalue weighted by molar-refractivity contribution is -0.120. The van der Waals surface area contributed by atoms with Crippen LogP contribution in [0.25, 0.3) is 10.9 Å². The normalized spacial score (nSPS) is 11.3. The fourth-order valence-corrected chi connectivity index (χ4v) is 5.20. The van der Waals surface area contributed by atoms with Gasteiger partial charge < -0.3 is 9.30 Å². The summed E-state index contributed by atoms with van der Waals surface area (Å²) in [5.74, 6) is 5.99. The third-order valence-corrected chi connectivity index (χ3v) is 7.39. The van der Waals surface area contributed by atoms with E-state index in [-0.39, 0.29) is 12.3 Å². The first-order chi connectivity index (χ1) is 17.1. The fraction of sp³-hybridized carbons (Fsp3) is 0.700. The van der Waals surface area contributed by atoms with Crippen molar-refractivity contribution in [1.82, 2.24) is 9.99 Å². The average molecular weight is 486 g/mol. The van der Waals surface area contributed by atoms with Gasteiger partial charge in [-0.25, -0.2) is 5.84 Å². The van der Waals surface area contributed by atoms with E-state index in [4.69, 9.17) is 10.6 Å². The van der Waals surface area contributed by atoms with Gasteiger partial charge in [0.15, 0.2) is 0 Å². The lowest BCUT2D eigenvalue weighted by atomic mass is 10.0. The van der Waals surface area contributed by atoms with Crippen LogP contribution >= 0.6 is 0 Å². The Morgan fingerprint density at radius 2 is 1.37 bits per heavy atom. The summed E-state index contributed by atoms with van der Waals surface area (Å²) >= 11 is 0. The molecule has 1 aromatic heterocycles. The summed E-state index contributed by atoms with van der Waals surface area (Å²) in [5, 5.41) is 1.09. The Morgan fingerprint density at radius 1 is 0.857 bits per heavy atom. The summed E-state index contributed by atoms with van der Waals surface area (Å²) in [6.45, 7) is 5.38. The molecule has 198 valence electrons. The maximum absolute atomic E-state index is 12.0. The molecule has 0 aliphatic carbocycles. The number of hydrogen-bond donors (Lipinski definition) is 2. The predicted molar refractivity (Wildman–Crippen MR) is 149 cm³/mol. The molecule has 3 N–H and O–H groups in total. The molecule has 0 fully saturated rings. The number of nitrogens with zero attached hydrogens (tertiary/aromatic N) is 1. The first-order valence-electron chi connectivity index (χ1n) is 14.3. The summed E-state index contributed by atoms with van der Waals surface area (Å²) in [7, 11) is 1.67. The molecule has 0 saturated carbocycles. The lowest BCUT2D eigenvalue weighted by Gasteiger charge is -2.09. The monoisotopic (exact) mass is 485 g/mol. The zero-order valence-electron chi connectivity index (χ0n) is 22.8. The molecule has 0 spiro atoms. The van der Waals surface area contributed by atoms with E-state index in [1.807, 2.05) is 12.1 Å². The maximum Gasteiger partial charge on any atom is 0.238 e. The molecule has 1 amide bonds. The molecule has 2 aromatic rings. The first-order valence-corrected chi connectivity index (χ1v) is 14.3. The summed E-state index contributed by atoms with van der Waals surface area (Å²) in [4.78, 5) is 12.0. The number of methoxy groups -OCH3 is 1. The minimum absolute atomic E-state index is 0.169. The quantitative estimate of drug-likeness (QED) is 0.0871. The number of nitrogens with one attached hydrogen (secondary N) is 1. The SMILES string of the molecule is CCCCCCCCCCCCCCCCCCn1c(C)c(CC(=O)NN)c2cc(OC)ccc21. The molecule has 0 aliphatic heterocycles. The van der Waals surface area contributed by atoms with Crippen LogP contribution in [0, 0.1) is 6.92 Å². The summed E-state index contributed by atoms with van der Waals surface area (Å²) in [6, 6.07) is 6.14. The van der Waals surface area contributed by atoms with Crippen LogP contribution in [0.5, 0.6) is 5.75 Å². The van der Waals surface area contributed by atoms with Crippen LogP contribution in [0.4, 0.5) is 0 Å². The molecule has 5 heteroatoms. The number of aromatic nitrogens is 1. The van der Waals surface area contributed by atoms with Gasteiger partial charge >= 0.3 is 0 Å². The van der Waals surface area contributed by atoms with Crippen LogP contribution in [0.2, 0.25) is 0 Å². The van der Waals surface area contributed by atoms with Gasteiger partial charge in [0.1, 0.15) is 5.75 Å². The van der Waals surface area contributed by atoms with Crippen LogP contribution in [-0.2, 0) is 17.8 Å². The summed E-state index contributed by atoms with van der Waals surface area (Å²) in [5.41, 5.74) is 5.63. The largest absolute Gasteiger partial charge is 0.497 e. The van der Waals surface area contributed by atoms with Crippen molar-refractivity contribution in [3.63, 3.8) is 0 Å². The molecule has 0 aliphatic rings. The van der Waals surface area contributed by atoms with Crippen molar-refractivity contribution in [2.24, 2.45) is 5.84 Å². The number of hydrazine groups is 1. The molecule has 35 heavy (non-hydrogen) atoms. The smallest absolute Gasteiger partial charge is 0.238 e. The Balaban J connectivity index is 1.63. The number of benzene rings is 1. The van der Waals surface area contributed by atoms with E-state index in [0.717, 1.165) is 35.4 Å². The van der Waals surface area contributed by atoms with Crippen molar-refractivity contribution < 1.29 is 9.53 Å². The van der Waals surface area contributed by atoms with E-state index < -0.39 is 0 Å². The van der Waals surface area contributed by atoms with Gasteiger partial charge in [0.2, 0.25) is 5.91 Å². The van der Waals surface area contributed by atoms with Crippen molar-refractivity contribution in [1.29, 1.82) is 0 Å². The maximum atomic E-state index is 12.0. The lowest BCUT2D eigenvalue weighted by Crippen LogP contribution is -2.31. The molecule has 0 saturated heterocycles. The van der Waals surface area contributed by atoms with Gasteiger partial charge in [-0.2, -0.15) is 0 Å². The second-order valence-electron chi connectivity index (χ2n) is 10.1. The highest BCUT2D eigenvalue weighted by Gasteiger charge is 2.17. The second kappa shape index (κ2) is 17.4. The Morgan fingerprint density at radius 3 is 1.86 bits per heavy atom. The van der Waals surface area contributed by atoms with Gasteiger partial charge in [0.25, 0.3) is 0 Å². The third-order valence-electron chi connectivity index (χ3n) is 7.39. The third kappa shape index (κ3) is 10.2. The average Bonchev–Trinajstić information content (AvgIpc) is 3.13. The van der Waals surface area contributed by atoms with Gasteiger partial charge in [-0.1, -0.05) is 103 Å². The number of hydrogen-bond acceptors (Lipinski definition) is 3. The summed E-state index contributed by atoms with van der Waals surface area (Å²) in [6.07, 6.45) is 22.3. The van der Waals surface area contributed by atoms with Crippen molar-refractivity contribution in [3.05, 3.63) is 29.5 Å². The van der Waals surface area contributed by atoms with Crippen molar-refractivity contribution >= 4 is 16.8 Å². The number of amides is 1. The van der Waals surface area contributed by atoms with Crippen LogP contribution in [0.3, 0.4) is 0 Å². The summed E-state index contributed by atoms with van der Waals surface area (Å²) < 4.78 is 7.78. The van der Waals surface area contributed by atoms with Gasteiger partial charge in [0, 0.05) is 23.1 Å². The number of carbonyl (C=O) groups is 1. The molecule has 0 atom stereocenters. The van der Waals surface area contributed by atoms with E-state index >= 15 is 0 Å². The van der Waals surface area contributed by atoms with Crippen molar-refractivity contribution in [3.8, 4) is 5.75 Å². The van der Waals surface area contributed by atoms with E-state index in [0.29, 0.717) is 0 Å². The zero-order valence-corrected chi connectivity index (χ0v) is 22.8. The number of carbonyl (C=O) groups excluding carboxylic acids is 1. The highest BCUT2D eigenvalue weighted by atomic mass is 16.5. The Labute approximate surface area is 214 Å². The molecule has 0 radical (unpaired) electrons. The van der Waals surface area contributed by atoms with Gasteiger partial charge in [-0.3, -0.25) is 10.2 Å². The van der Waals surface area contributed by atoms with E-state index in [2.05, 4.69) is 29.9 Å². The molecular formula is C30H51N3O2. The highest BCUT2D eigenvalue weighted by molar-refractivity contribution is 5.91. The van der Waals surface area contributed by atoms with Crippen molar-refractivity contribution in [2.45, 2.75) is 130 Å².